The minimum atomic E-state index is -1.10. The third-order valence-electron chi connectivity index (χ3n) is 3.10. The fraction of sp³-hybridized carbons (Fsp3) is 0.286. The highest BCUT2D eigenvalue weighted by Crippen LogP contribution is 2.19. The van der Waals surface area contributed by atoms with Crippen molar-refractivity contribution < 1.29 is 19.1 Å². The Bertz CT molecular complexity index is 535. The van der Waals surface area contributed by atoms with Crippen LogP contribution < -0.4 is 5.32 Å². The molecule has 4 nitrogen and oxygen atoms in total. The van der Waals surface area contributed by atoms with Crippen LogP contribution in [0.2, 0.25) is 0 Å². The molecule has 1 amide bonds. The van der Waals surface area contributed by atoms with Crippen LogP contribution in [0.15, 0.2) is 24.3 Å². The molecule has 2 N–H and O–H groups in total. The summed E-state index contributed by atoms with van der Waals surface area (Å²) in [5, 5.41) is 11.2. The topological polar surface area (TPSA) is 66.4 Å². The molecule has 0 unspecified atom stereocenters. The number of rotatable bonds is 4. The van der Waals surface area contributed by atoms with Gasteiger partial charge >= 0.3 is 5.97 Å². The molecule has 0 heterocycles. The highest BCUT2D eigenvalue weighted by Gasteiger charge is 2.21. The zero-order valence-corrected chi connectivity index (χ0v) is 10.2. The molecule has 5 heteroatoms. The SMILES string of the molecule is O=C(O)C=Cc1ccc(C(=O)NC2CCC2)c(F)c1. The fourth-order valence-corrected chi connectivity index (χ4v) is 1.80. The average molecular weight is 263 g/mol. The third-order valence-corrected chi connectivity index (χ3v) is 3.10. The molecule has 1 aliphatic rings. The first kappa shape index (κ1) is 13.3. The van der Waals surface area contributed by atoms with Crippen molar-refractivity contribution in [1.82, 2.24) is 5.32 Å². The summed E-state index contributed by atoms with van der Waals surface area (Å²) in [6.07, 6.45) is 5.16. The van der Waals surface area contributed by atoms with E-state index in [1.807, 2.05) is 0 Å². The van der Waals surface area contributed by atoms with Gasteiger partial charge in [0.2, 0.25) is 0 Å². The smallest absolute Gasteiger partial charge is 0.328 e. The number of hydrogen-bond acceptors (Lipinski definition) is 2. The van der Waals surface area contributed by atoms with E-state index in [2.05, 4.69) is 5.32 Å². The maximum absolute atomic E-state index is 13.8. The van der Waals surface area contributed by atoms with E-state index in [0.717, 1.165) is 31.4 Å². The predicted octanol–water partition coefficient (Wildman–Crippen LogP) is 2.21. The second-order valence-electron chi connectivity index (χ2n) is 4.51. The van der Waals surface area contributed by atoms with Crippen molar-refractivity contribution in [3.05, 3.63) is 41.2 Å². The first-order chi connectivity index (χ1) is 9.06. The quantitative estimate of drug-likeness (QED) is 0.818. The molecule has 1 aromatic rings. The Kier molecular flexibility index (Phi) is 3.94. The van der Waals surface area contributed by atoms with E-state index in [4.69, 9.17) is 5.11 Å². The molecule has 0 spiro atoms. The number of amides is 1. The molecule has 2 rings (SSSR count). The van der Waals surface area contributed by atoms with E-state index < -0.39 is 17.7 Å². The summed E-state index contributed by atoms with van der Waals surface area (Å²) in [5.74, 6) is -2.17. The maximum Gasteiger partial charge on any atom is 0.328 e. The Hall–Kier alpha value is -2.17. The Morgan fingerprint density at radius 3 is 2.63 bits per heavy atom. The minimum absolute atomic E-state index is 0.0145. The molecule has 0 aliphatic heterocycles. The molecule has 1 saturated carbocycles. The van der Waals surface area contributed by atoms with E-state index in [9.17, 15) is 14.0 Å². The molecule has 0 atom stereocenters. The largest absolute Gasteiger partial charge is 0.478 e. The fourth-order valence-electron chi connectivity index (χ4n) is 1.80. The van der Waals surface area contributed by atoms with Crippen LogP contribution in [0.25, 0.3) is 6.08 Å². The zero-order valence-electron chi connectivity index (χ0n) is 10.2. The zero-order chi connectivity index (χ0) is 13.8. The van der Waals surface area contributed by atoms with Gasteiger partial charge in [-0.25, -0.2) is 9.18 Å². The summed E-state index contributed by atoms with van der Waals surface area (Å²) in [7, 11) is 0. The lowest BCUT2D eigenvalue weighted by Gasteiger charge is -2.26. The van der Waals surface area contributed by atoms with Crippen LogP contribution in [0.5, 0.6) is 0 Å². The summed E-state index contributed by atoms with van der Waals surface area (Å²) >= 11 is 0. The molecule has 100 valence electrons. The second-order valence-corrected chi connectivity index (χ2v) is 4.51. The Labute approximate surface area is 109 Å². The number of benzene rings is 1. The standard InChI is InChI=1S/C14H14FNO3/c15-12-8-9(5-7-13(17)18)4-6-11(12)14(19)16-10-2-1-3-10/h4-8,10H,1-3H2,(H,16,19)(H,17,18). The van der Waals surface area contributed by atoms with Crippen molar-refractivity contribution in [3.63, 3.8) is 0 Å². The normalized spacial score (nSPS) is 15.2. The highest BCUT2D eigenvalue weighted by molar-refractivity contribution is 5.95. The number of halogens is 1. The van der Waals surface area contributed by atoms with Crippen LogP contribution in [-0.4, -0.2) is 23.0 Å². The van der Waals surface area contributed by atoms with Gasteiger partial charge in [0.1, 0.15) is 5.82 Å². The summed E-state index contributed by atoms with van der Waals surface area (Å²) < 4.78 is 13.8. The van der Waals surface area contributed by atoms with Crippen LogP contribution >= 0.6 is 0 Å². The predicted molar refractivity (Wildman–Crippen MR) is 68.2 cm³/mol. The molecular formula is C14H14FNO3. The lowest BCUT2D eigenvalue weighted by atomic mass is 9.93. The molecule has 0 bridgehead atoms. The van der Waals surface area contributed by atoms with E-state index in [1.54, 1.807) is 0 Å². The molecule has 1 aliphatic carbocycles. The summed E-state index contributed by atoms with van der Waals surface area (Å²) in [4.78, 5) is 22.1. The van der Waals surface area contributed by atoms with Crippen molar-refractivity contribution in [3.8, 4) is 0 Å². The van der Waals surface area contributed by atoms with Gasteiger partial charge in [-0.2, -0.15) is 0 Å². The first-order valence-corrected chi connectivity index (χ1v) is 6.07. The van der Waals surface area contributed by atoms with E-state index >= 15 is 0 Å². The highest BCUT2D eigenvalue weighted by atomic mass is 19.1. The lowest BCUT2D eigenvalue weighted by molar-refractivity contribution is -0.131. The van der Waals surface area contributed by atoms with Gasteiger partial charge in [-0.05, 0) is 43.0 Å². The molecule has 0 radical (unpaired) electrons. The summed E-state index contributed by atoms with van der Waals surface area (Å²) in [6, 6.07) is 4.18. The average Bonchev–Trinajstić information content (AvgIpc) is 2.31. The van der Waals surface area contributed by atoms with Crippen LogP contribution in [0, 0.1) is 5.82 Å². The molecule has 0 aromatic heterocycles. The van der Waals surface area contributed by atoms with Crippen molar-refractivity contribution in [1.29, 1.82) is 0 Å². The van der Waals surface area contributed by atoms with Crippen LogP contribution in [0.1, 0.15) is 35.2 Å². The van der Waals surface area contributed by atoms with Crippen molar-refractivity contribution in [2.45, 2.75) is 25.3 Å². The van der Waals surface area contributed by atoms with Gasteiger partial charge in [-0.3, -0.25) is 4.79 Å². The number of carboxylic acid groups (broad SMARTS) is 1. The van der Waals surface area contributed by atoms with Crippen molar-refractivity contribution in [2.75, 3.05) is 0 Å². The van der Waals surface area contributed by atoms with Crippen LogP contribution in [0.4, 0.5) is 4.39 Å². The molecular weight excluding hydrogens is 249 g/mol. The lowest BCUT2D eigenvalue weighted by Crippen LogP contribution is -2.39. The summed E-state index contributed by atoms with van der Waals surface area (Å²) in [5.41, 5.74) is 0.388. The summed E-state index contributed by atoms with van der Waals surface area (Å²) in [6.45, 7) is 0. The van der Waals surface area contributed by atoms with Crippen molar-refractivity contribution >= 4 is 18.0 Å². The third kappa shape index (κ3) is 3.40. The molecule has 1 fully saturated rings. The van der Waals surface area contributed by atoms with Crippen LogP contribution in [-0.2, 0) is 4.79 Å². The number of carbonyl (C=O) groups is 2. The van der Waals surface area contributed by atoms with E-state index in [0.29, 0.717) is 5.56 Å². The number of nitrogens with one attached hydrogen (secondary N) is 1. The Balaban J connectivity index is 2.09. The minimum Gasteiger partial charge on any atom is -0.478 e. The molecule has 19 heavy (non-hydrogen) atoms. The van der Waals surface area contributed by atoms with E-state index in [1.165, 1.54) is 18.2 Å². The van der Waals surface area contributed by atoms with Gasteiger partial charge in [0.25, 0.3) is 5.91 Å². The van der Waals surface area contributed by atoms with Gasteiger partial charge in [0, 0.05) is 12.1 Å². The Morgan fingerprint density at radius 1 is 1.37 bits per heavy atom. The monoisotopic (exact) mass is 263 g/mol. The number of hydrogen-bond donors (Lipinski definition) is 2. The van der Waals surface area contributed by atoms with Gasteiger partial charge in [0.15, 0.2) is 0 Å². The Morgan fingerprint density at radius 2 is 2.11 bits per heavy atom. The van der Waals surface area contributed by atoms with Gasteiger partial charge in [0.05, 0.1) is 5.56 Å². The van der Waals surface area contributed by atoms with Gasteiger partial charge in [-0.1, -0.05) is 6.07 Å². The van der Waals surface area contributed by atoms with Gasteiger partial charge in [-0.15, -0.1) is 0 Å². The number of aliphatic carboxylic acids is 1. The van der Waals surface area contributed by atoms with E-state index in [-0.39, 0.29) is 11.6 Å². The van der Waals surface area contributed by atoms with Gasteiger partial charge < -0.3 is 10.4 Å². The molecule has 0 saturated heterocycles. The van der Waals surface area contributed by atoms with Crippen LogP contribution in [0.3, 0.4) is 0 Å². The maximum atomic E-state index is 13.8. The number of carboxylic acids is 1. The second kappa shape index (κ2) is 5.65. The van der Waals surface area contributed by atoms with Crippen molar-refractivity contribution in [2.24, 2.45) is 0 Å². The molecule has 1 aromatic carbocycles. The number of carbonyl (C=O) groups excluding carboxylic acids is 1. The first-order valence-electron chi connectivity index (χ1n) is 6.07.